The molecule has 1 aliphatic heterocycles. The summed E-state index contributed by atoms with van der Waals surface area (Å²) in [6.45, 7) is 0. The van der Waals surface area contributed by atoms with Crippen molar-refractivity contribution in [2.75, 3.05) is 9.80 Å². The van der Waals surface area contributed by atoms with Gasteiger partial charge in [0.25, 0.3) is 23.2 Å². The fourth-order valence-electron chi connectivity index (χ4n) is 4.30. The third-order valence-corrected chi connectivity index (χ3v) is 5.90. The number of nitro benzene ring substituents is 2. The molecule has 0 N–H and O–H groups in total. The van der Waals surface area contributed by atoms with Gasteiger partial charge in [0.15, 0.2) is 0 Å². The topological polar surface area (TPSA) is 127 Å². The Labute approximate surface area is 212 Å². The van der Waals surface area contributed by atoms with Crippen molar-refractivity contribution in [3.8, 4) is 0 Å². The molecule has 38 heavy (non-hydrogen) atoms. The fourth-order valence-corrected chi connectivity index (χ4v) is 4.30. The van der Waals surface area contributed by atoms with Gasteiger partial charge in [-0.05, 0) is 48.5 Å². The first-order valence-electron chi connectivity index (χ1n) is 10.9. The molecule has 0 fully saturated rings. The molecule has 0 bridgehead atoms. The second-order valence-electron chi connectivity index (χ2n) is 8.10. The predicted molar refractivity (Wildman–Crippen MR) is 132 cm³/mol. The Hall–Kier alpha value is -5.52. The van der Waals surface area contributed by atoms with Crippen molar-refractivity contribution in [3.05, 3.63) is 128 Å². The Kier molecular flexibility index (Phi) is 5.84. The molecule has 4 aromatic carbocycles. The number of rotatable bonds is 4. The normalized spacial score (nSPS) is 12.9. The Balaban J connectivity index is 1.89. The monoisotopic (exact) mass is 516 g/mol. The molecule has 0 spiro atoms. The minimum atomic E-state index is -0.988. The van der Waals surface area contributed by atoms with Gasteiger partial charge in [0, 0.05) is 12.1 Å². The molecule has 4 aromatic rings. The number of benzene rings is 4. The van der Waals surface area contributed by atoms with E-state index in [1.807, 2.05) is 0 Å². The van der Waals surface area contributed by atoms with Crippen molar-refractivity contribution in [1.82, 2.24) is 0 Å². The van der Waals surface area contributed by atoms with Gasteiger partial charge in [0.05, 0.1) is 32.3 Å². The number of para-hydroxylation sites is 4. The highest BCUT2D eigenvalue weighted by atomic mass is 19.1. The Morgan fingerprint density at radius 2 is 0.921 bits per heavy atom. The summed E-state index contributed by atoms with van der Waals surface area (Å²) >= 11 is 0. The molecule has 188 valence electrons. The lowest BCUT2D eigenvalue weighted by Gasteiger charge is -2.32. The van der Waals surface area contributed by atoms with Crippen LogP contribution in [0.15, 0.2) is 84.9 Å². The van der Waals surface area contributed by atoms with Crippen molar-refractivity contribution in [2.24, 2.45) is 0 Å². The zero-order valence-electron chi connectivity index (χ0n) is 19.1. The van der Waals surface area contributed by atoms with Crippen LogP contribution in [-0.2, 0) is 0 Å². The molecular weight excluding hydrogens is 502 g/mol. The van der Waals surface area contributed by atoms with Crippen LogP contribution >= 0.6 is 0 Å². The Morgan fingerprint density at radius 1 is 0.553 bits per heavy atom. The number of nitro groups is 2. The SMILES string of the molecule is O=C1c2cc(F)ccc2N(c2ccccc2[N+](=O)[O-])C(=O)c2cc(F)ccc2N1c1ccccc1[N+](=O)[O-]. The van der Waals surface area contributed by atoms with Crippen molar-refractivity contribution < 1.29 is 28.2 Å². The van der Waals surface area contributed by atoms with Crippen LogP contribution in [0.4, 0.5) is 42.9 Å². The van der Waals surface area contributed by atoms with Gasteiger partial charge in [0.1, 0.15) is 23.0 Å². The summed E-state index contributed by atoms with van der Waals surface area (Å²) in [4.78, 5) is 51.9. The van der Waals surface area contributed by atoms with Gasteiger partial charge in [-0.2, -0.15) is 0 Å². The zero-order valence-corrected chi connectivity index (χ0v) is 19.1. The summed E-state index contributed by atoms with van der Waals surface area (Å²) in [5.74, 6) is -3.71. The van der Waals surface area contributed by atoms with Crippen LogP contribution in [0.25, 0.3) is 0 Å². The Bertz CT molecular complexity index is 1550. The summed E-state index contributed by atoms with van der Waals surface area (Å²) in [5.41, 5.74) is -2.82. The van der Waals surface area contributed by atoms with Crippen LogP contribution in [0.3, 0.4) is 0 Å². The molecule has 1 heterocycles. The molecule has 1 aliphatic rings. The molecule has 0 saturated heterocycles. The molecule has 0 saturated carbocycles. The highest BCUT2D eigenvalue weighted by Gasteiger charge is 2.38. The van der Waals surface area contributed by atoms with Crippen LogP contribution in [-0.4, -0.2) is 21.7 Å². The minimum absolute atomic E-state index is 0.241. The number of carbonyl (C=O) groups is 2. The summed E-state index contributed by atoms with van der Waals surface area (Å²) in [6.07, 6.45) is 0. The van der Waals surface area contributed by atoms with E-state index in [2.05, 4.69) is 0 Å². The molecule has 10 nitrogen and oxygen atoms in total. The Morgan fingerprint density at radius 3 is 1.29 bits per heavy atom. The summed E-state index contributed by atoms with van der Waals surface area (Å²) in [7, 11) is 0. The first-order valence-corrected chi connectivity index (χ1v) is 10.9. The highest BCUT2D eigenvalue weighted by Crippen LogP contribution is 2.44. The van der Waals surface area contributed by atoms with Crippen LogP contribution in [0.2, 0.25) is 0 Å². The largest absolute Gasteiger partial charge is 0.293 e. The lowest BCUT2D eigenvalue weighted by atomic mass is 10.0. The van der Waals surface area contributed by atoms with Gasteiger partial charge in [0.2, 0.25) is 0 Å². The van der Waals surface area contributed by atoms with Gasteiger partial charge in [-0.25, -0.2) is 8.78 Å². The first-order chi connectivity index (χ1) is 18.2. The van der Waals surface area contributed by atoms with E-state index in [0.717, 1.165) is 58.3 Å². The van der Waals surface area contributed by atoms with Crippen molar-refractivity contribution in [3.63, 3.8) is 0 Å². The number of amides is 2. The predicted octanol–water partition coefficient (Wildman–Crippen LogP) is 6.05. The molecular formula is C26H14F2N4O6. The molecule has 0 aromatic heterocycles. The standard InChI is InChI=1S/C26H14F2N4O6/c27-15-9-11-19-17(13-15)26(34)30(22-6-2-4-8-24(22)32(37)38)20-12-10-16(28)14-18(20)25(33)29(19)21-5-1-3-7-23(21)31(35)36/h1-14H. The van der Waals surface area contributed by atoms with E-state index in [0.29, 0.717) is 0 Å². The maximum Gasteiger partial charge on any atom is 0.293 e. The maximum atomic E-state index is 14.5. The van der Waals surface area contributed by atoms with E-state index in [9.17, 15) is 38.6 Å². The summed E-state index contributed by atoms with van der Waals surface area (Å²) in [5, 5.41) is 23.6. The van der Waals surface area contributed by atoms with Crippen molar-refractivity contribution in [2.45, 2.75) is 0 Å². The maximum absolute atomic E-state index is 14.5. The number of nitrogens with zero attached hydrogens (tertiary/aromatic N) is 4. The number of carbonyl (C=O) groups excluding carboxylic acids is 2. The number of fused-ring (bicyclic) bond motifs is 2. The molecule has 0 atom stereocenters. The van der Waals surface area contributed by atoms with Crippen LogP contribution in [0.5, 0.6) is 0 Å². The third-order valence-electron chi connectivity index (χ3n) is 5.90. The van der Waals surface area contributed by atoms with Crippen molar-refractivity contribution >= 4 is 45.9 Å². The first kappa shape index (κ1) is 24.2. The van der Waals surface area contributed by atoms with Crippen LogP contribution in [0, 0.1) is 31.9 Å². The molecule has 2 amide bonds. The zero-order chi connectivity index (χ0) is 27.1. The van der Waals surface area contributed by atoms with Crippen molar-refractivity contribution in [1.29, 1.82) is 0 Å². The van der Waals surface area contributed by atoms with Crippen LogP contribution in [0.1, 0.15) is 20.7 Å². The van der Waals surface area contributed by atoms with E-state index in [4.69, 9.17) is 0 Å². The van der Waals surface area contributed by atoms with Gasteiger partial charge in [-0.15, -0.1) is 0 Å². The van der Waals surface area contributed by atoms with Gasteiger partial charge in [-0.1, -0.05) is 24.3 Å². The average Bonchev–Trinajstić information content (AvgIpc) is 2.90. The highest BCUT2D eigenvalue weighted by molar-refractivity contribution is 6.25. The number of hydrogen-bond acceptors (Lipinski definition) is 6. The smallest absolute Gasteiger partial charge is 0.269 e. The second-order valence-corrected chi connectivity index (χ2v) is 8.10. The number of anilines is 4. The molecule has 0 radical (unpaired) electrons. The van der Waals surface area contributed by atoms with E-state index in [1.54, 1.807) is 0 Å². The number of halogens is 2. The molecule has 0 unspecified atom stereocenters. The minimum Gasteiger partial charge on any atom is -0.269 e. The van der Waals surface area contributed by atoms with Gasteiger partial charge >= 0.3 is 0 Å². The van der Waals surface area contributed by atoms with E-state index in [1.165, 1.54) is 36.4 Å². The number of hydrogen-bond donors (Lipinski definition) is 0. The summed E-state index contributed by atoms with van der Waals surface area (Å²) in [6, 6.07) is 16.1. The lowest BCUT2D eigenvalue weighted by molar-refractivity contribution is -0.384. The summed E-state index contributed by atoms with van der Waals surface area (Å²) < 4.78 is 29.0. The quantitative estimate of drug-likeness (QED) is 0.240. The lowest BCUT2D eigenvalue weighted by Crippen LogP contribution is -2.37. The second kappa shape index (κ2) is 9.17. The van der Waals surface area contributed by atoms with E-state index < -0.39 is 55.8 Å². The molecule has 5 rings (SSSR count). The third kappa shape index (κ3) is 3.89. The fraction of sp³-hybridized carbons (Fsp3) is 0. The van der Waals surface area contributed by atoms with Gasteiger partial charge < -0.3 is 0 Å². The van der Waals surface area contributed by atoms with Crippen LogP contribution < -0.4 is 9.80 Å². The molecule has 0 aliphatic carbocycles. The molecule has 12 heteroatoms. The average molecular weight is 516 g/mol. The van der Waals surface area contributed by atoms with E-state index in [-0.39, 0.29) is 22.7 Å². The van der Waals surface area contributed by atoms with E-state index >= 15 is 0 Å². The van der Waals surface area contributed by atoms with Gasteiger partial charge in [-0.3, -0.25) is 39.6 Å².